The topological polar surface area (TPSA) is 51.4 Å². The van der Waals surface area contributed by atoms with Crippen LogP contribution in [0.3, 0.4) is 0 Å². The predicted molar refractivity (Wildman–Crippen MR) is 83.4 cm³/mol. The summed E-state index contributed by atoms with van der Waals surface area (Å²) in [7, 11) is 0. The third-order valence-electron chi connectivity index (χ3n) is 4.13. The van der Waals surface area contributed by atoms with Crippen LogP contribution in [-0.4, -0.2) is 34.7 Å². The number of nitrogens with zero attached hydrogens (tertiary/aromatic N) is 3. The molecule has 0 bridgehead atoms. The molecule has 0 spiro atoms. The third-order valence-corrected chi connectivity index (χ3v) is 4.13. The molecular formula is C17H23N3O2. The maximum Gasteiger partial charge on any atom is 0.243 e. The van der Waals surface area contributed by atoms with Crippen molar-refractivity contribution in [2.45, 2.75) is 38.8 Å². The van der Waals surface area contributed by atoms with Gasteiger partial charge >= 0.3 is 0 Å². The van der Waals surface area contributed by atoms with Gasteiger partial charge in [-0.05, 0) is 18.9 Å². The first kappa shape index (κ1) is 15.2. The number of hydrogen-bond donors (Lipinski definition) is 0. The van der Waals surface area contributed by atoms with Crippen LogP contribution in [-0.2, 0) is 11.2 Å². The Kier molecular flexibility index (Phi) is 4.85. The normalized spacial score (nSPS) is 20.9. The number of aryl methyl sites for hydroxylation is 1. The highest BCUT2D eigenvalue weighted by atomic mass is 16.5. The number of rotatable bonds is 5. The maximum atomic E-state index is 5.92. The van der Waals surface area contributed by atoms with Crippen LogP contribution in [0.15, 0.2) is 34.9 Å². The summed E-state index contributed by atoms with van der Waals surface area (Å²) in [6.45, 7) is 6.69. The molecule has 1 saturated heterocycles. The first-order valence-electron chi connectivity index (χ1n) is 8.01. The van der Waals surface area contributed by atoms with Gasteiger partial charge in [0.25, 0.3) is 0 Å². The van der Waals surface area contributed by atoms with Gasteiger partial charge in [-0.1, -0.05) is 42.4 Å². The van der Waals surface area contributed by atoms with Crippen LogP contribution < -0.4 is 0 Å². The molecule has 0 N–H and O–H groups in total. The van der Waals surface area contributed by atoms with Gasteiger partial charge in [0.15, 0.2) is 5.82 Å². The average molecular weight is 301 g/mol. The van der Waals surface area contributed by atoms with Gasteiger partial charge < -0.3 is 9.26 Å². The fourth-order valence-corrected chi connectivity index (χ4v) is 2.81. The van der Waals surface area contributed by atoms with Crippen molar-refractivity contribution in [3.8, 4) is 0 Å². The summed E-state index contributed by atoms with van der Waals surface area (Å²) >= 11 is 0. The number of benzene rings is 1. The van der Waals surface area contributed by atoms with Crippen molar-refractivity contribution in [1.82, 2.24) is 15.0 Å². The Morgan fingerprint density at radius 3 is 2.91 bits per heavy atom. The highest BCUT2D eigenvalue weighted by Crippen LogP contribution is 2.27. The van der Waals surface area contributed by atoms with Gasteiger partial charge in [-0.25, -0.2) is 0 Å². The minimum absolute atomic E-state index is 0.107. The summed E-state index contributed by atoms with van der Waals surface area (Å²) in [4.78, 5) is 6.86. The Bertz CT molecular complexity index is 585. The number of ether oxygens (including phenoxy) is 1. The maximum absolute atomic E-state index is 5.92. The highest BCUT2D eigenvalue weighted by molar-refractivity contribution is 5.18. The van der Waals surface area contributed by atoms with Crippen molar-refractivity contribution in [3.63, 3.8) is 0 Å². The van der Waals surface area contributed by atoms with E-state index in [1.807, 2.05) is 6.07 Å². The minimum atomic E-state index is 0.107. The Balaban J connectivity index is 1.68. The van der Waals surface area contributed by atoms with Crippen LogP contribution >= 0.6 is 0 Å². The molecule has 0 aliphatic carbocycles. The van der Waals surface area contributed by atoms with Gasteiger partial charge in [0.1, 0.15) is 0 Å². The molecule has 1 aliphatic heterocycles. The second kappa shape index (κ2) is 7.03. The molecule has 2 atom stereocenters. The summed E-state index contributed by atoms with van der Waals surface area (Å²) in [6, 6.07) is 10.5. The summed E-state index contributed by atoms with van der Waals surface area (Å²) in [5.41, 5.74) is 1.22. The van der Waals surface area contributed by atoms with Crippen LogP contribution in [0.4, 0.5) is 0 Å². The molecule has 2 aromatic rings. The van der Waals surface area contributed by atoms with Crippen molar-refractivity contribution in [2.75, 3.05) is 19.7 Å². The van der Waals surface area contributed by atoms with E-state index in [1.165, 1.54) is 5.56 Å². The lowest BCUT2D eigenvalue weighted by Gasteiger charge is -2.35. The number of aromatic nitrogens is 2. The third kappa shape index (κ3) is 3.36. The van der Waals surface area contributed by atoms with E-state index in [2.05, 4.69) is 53.2 Å². The van der Waals surface area contributed by atoms with Crippen molar-refractivity contribution in [2.24, 2.45) is 0 Å². The van der Waals surface area contributed by atoms with E-state index in [-0.39, 0.29) is 12.1 Å². The monoisotopic (exact) mass is 301 g/mol. The van der Waals surface area contributed by atoms with Crippen molar-refractivity contribution in [1.29, 1.82) is 0 Å². The molecule has 2 heterocycles. The molecule has 22 heavy (non-hydrogen) atoms. The Hall–Kier alpha value is -1.72. The summed E-state index contributed by atoms with van der Waals surface area (Å²) in [5.74, 6) is 1.51. The van der Waals surface area contributed by atoms with Crippen LogP contribution in [0.25, 0.3) is 0 Å². The average Bonchev–Trinajstić information content (AvgIpc) is 3.04. The molecule has 3 rings (SSSR count). The standard InChI is InChI=1S/C17H23N3O2/c1-3-7-16-18-17(22-19-16)13(2)20-10-11-21-15(12-20)14-8-5-4-6-9-14/h4-6,8-9,13,15H,3,7,10-12H2,1-2H3/t13-,15-/m0/s1. The van der Waals surface area contributed by atoms with Gasteiger partial charge in [0.05, 0.1) is 18.8 Å². The molecular weight excluding hydrogens is 278 g/mol. The lowest BCUT2D eigenvalue weighted by atomic mass is 10.1. The lowest BCUT2D eigenvalue weighted by Crippen LogP contribution is -2.40. The highest BCUT2D eigenvalue weighted by Gasteiger charge is 2.28. The van der Waals surface area contributed by atoms with E-state index in [4.69, 9.17) is 9.26 Å². The zero-order valence-electron chi connectivity index (χ0n) is 13.2. The van der Waals surface area contributed by atoms with Gasteiger partial charge in [-0.2, -0.15) is 4.98 Å². The molecule has 118 valence electrons. The first-order valence-corrected chi connectivity index (χ1v) is 8.01. The van der Waals surface area contributed by atoms with Gasteiger partial charge in [-0.15, -0.1) is 0 Å². The molecule has 1 aromatic heterocycles. The summed E-state index contributed by atoms with van der Waals surface area (Å²) in [5, 5.41) is 4.06. The molecule has 1 aromatic carbocycles. The minimum Gasteiger partial charge on any atom is -0.371 e. The Labute approximate surface area is 131 Å². The number of hydrogen-bond acceptors (Lipinski definition) is 5. The van der Waals surface area contributed by atoms with Gasteiger partial charge in [0, 0.05) is 19.5 Å². The molecule has 0 unspecified atom stereocenters. The van der Waals surface area contributed by atoms with Crippen LogP contribution in [0.5, 0.6) is 0 Å². The molecule has 5 heteroatoms. The lowest BCUT2D eigenvalue weighted by molar-refractivity contribution is -0.0469. The van der Waals surface area contributed by atoms with Crippen LogP contribution in [0.2, 0.25) is 0 Å². The van der Waals surface area contributed by atoms with E-state index >= 15 is 0 Å². The summed E-state index contributed by atoms with van der Waals surface area (Å²) in [6.07, 6.45) is 2.00. The van der Waals surface area contributed by atoms with Crippen LogP contribution in [0.1, 0.15) is 49.7 Å². The molecule has 1 aliphatic rings. The molecule has 1 fully saturated rings. The zero-order chi connectivity index (χ0) is 15.4. The predicted octanol–water partition coefficient (Wildman–Crippen LogP) is 3.16. The van der Waals surface area contributed by atoms with E-state index in [9.17, 15) is 0 Å². The largest absolute Gasteiger partial charge is 0.371 e. The molecule has 0 radical (unpaired) electrons. The van der Waals surface area contributed by atoms with E-state index in [0.29, 0.717) is 5.89 Å². The molecule has 5 nitrogen and oxygen atoms in total. The van der Waals surface area contributed by atoms with Crippen molar-refractivity contribution >= 4 is 0 Å². The quantitative estimate of drug-likeness (QED) is 0.849. The number of morpholine rings is 1. The second-order valence-corrected chi connectivity index (χ2v) is 5.74. The fourth-order valence-electron chi connectivity index (χ4n) is 2.81. The van der Waals surface area contributed by atoms with Crippen LogP contribution in [0, 0.1) is 0 Å². The van der Waals surface area contributed by atoms with E-state index in [0.717, 1.165) is 38.4 Å². The van der Waals surface area contributed by atoms with E-state index in [1.54, 1.807) is 0 Å². The smallest absolute Gasteiger partial charge is 0.243 e. The zero-order valence-corrected chi connectivity index (χ0v) is 13.2. The summed E-state index contributed by atoms with van der Waals surface area (Å²) < 4.78 is 11.3. The second-order valence-electron chi connectivity index (χ2n) is 5.74. The first-order chi connectivity index (χ1) is 10.8. The van der Waals surface area contributed by atoms with Crippen molar-refractivity contribution in [3.05, 3.63) is 47.6 Å². The van der Waals surface area contributed by atoms with Crippen molar-refractivity contribution < 1.29 is 9.26 Å². The van der Waals surface area contributed by atoms with E-state index < -0.39 is 0 Å². The SMILES string of the molecule is CCCc1noc([C@H](C)N2CCO[C@H](c3ccccc3)C2)n1. The Morgan fingerprint density at radius 1 is 1.32 bits per heavy atom. The van der Waals surface area contributed by atoms with Gasteiger partial charge in [0.2, 0.25) is 5.89 Å². The van der Waals surface area contributed by atoms with Gasteiger partial charge in [-0.3, -0.25) is 4.90 Å². The molecule has 0 saturated carbocycles. The Morgan fingerprint density at radius 2 is 2.14 bits per heavy atom. The fraction of sp³-hybridized carbons (Fsp3) is 0.529. The molecule has 0 amide bonds.